The van der Waals surface area contributed by atoms with Crippen molar-refractivity contribution in [1.29, 1.82) is 0 Å². The number of hydrogen-bond acceptors (Lipinski definition) is 2. The van der Waals surface area contributed by atoms with E-state index in [2.05, 4.69) is 5.32 Å². The fraction of sp³-hybridized carbons (Fsp3) is 0.278. The van der Waals surface area contributed by atoms with E-state index in [1.54, 1.807) is 0 Å². The lowest BCUT2D eigenvalue weighted by Gasteiger charge is -2.09. The summed E-state index contributed by atoms with van der Waals surface area (Å²) in [6.45, 7) is 5.56. The summed E-state index contributed by atoms with van der Waals surface area (Å²) in [6.07, 6.45) is 0. The SMILES string of the molecule is Cc1ccc(C(=O)NCCOCc2ccccc2)c(C)c1. The topological polar surface area (TPSA) is 38.3 Å². The molecule has 3 heteroatoms. The van der Waals surface area contributed by atoms with Crippen molar-refractivity contribution in [3.05, 3.63) is 70.8 Å². The molecule has 0 aromatic heterocycles. The first-order chi connectivity index (χ1) is 10.2. The van der Waals surface area contributed by atoms with E-state index in [0.29, 0.717) is 19.8 Å². The number of carbonyl (C=O) groups excluding carboxylic acids is 1. The fourth-order valence-electron chi connectivity index (χ4n) is 2.16. The summed E-state index contributed by atoms with van der Waals surface area (Å²) in [4.78, 5) is 12.0. The van der Waals surface area contributed by atoms with Crippen molar-refractivity contribution in [3.8, 4) is 0 Å². The van der Waals surface area contributed by atoms with Crippen LogP contribution in [0.15, 0.2) is 48.5 Å². The van der Waals surface area contributed by atoms with Crippen molar-refractivity contribution in [1.82, 2.24) is 5.32 Å². The Balaban J connectivity index is 1.72. The molecule has 0 radical (unpaired) electrons. The maximum Gasteiger partial charge on any atom is 0.251 e. The number of hydrogen-bond donors (Lipinski definition) is 1. The van der Waals surface area contributed by atoms with Gasteiger partial charge in [-0.2, -0.15) is 0 Å². The fourth-order valence-corrected chi connectivity index (χ4v) is 2.16. The molecular formula is C18H21NO2. The Morgan fingerprint density at radius 2 is 1.86 bits per heavy atom. The van der Waals surface area contributed by atoms with Gasteiger partial charge in [0.05, 0.1) is 13.2 Å². The summed E-state index contributed by atoms with van der Waals surface area (Å²) in [6, 6.07) is 15.8. The minimum absolute atomic E-state index is 0.0455. The third-order valence-corrected chi connectivity index (χ3v) is 3.27. The summed E-state index contributed by atoms with van der Waals surface area (Å²) >= 11 is 0. The van der Waals surface area contributed by atoms with Crippen LogP contribution in [-0.2, 0) is 11.3 Å². The Bertz CT molecular complexity index is 593. The lowest BCUT2D eigenvalue weighted by molar-refractivity contribution is 0.0900. The molecule has 2 aromatic carbocycles. The highest BCUT2D eigenvalue weighted by Gasteiger charge is 2.07. The molecule has 0 fully saturated rings. The minimum Gasteiger partial charge on any atom is -0.375 e. The van der Waals surface area contributed by atoms with Gasteiger partial charge in [0.1, 0.15) is 0 Å². The average molecular weight is 283 g/mol. The van der Waals surface area contributed by atoms with Gasteiger partial charge in [-0.05, 0) is 31.0 Å². The number of nitrogens with one attached hydrogen (secondary N) is 1. The zero-order chi connectivity index (χ0) is 15.1. The molecule has 0 bridgehead atoms. The Kier molecular flexibility index (Phi) is 5.52. The standard InChI is InChI=1S/C18H21NO2/c1-14-8-9-17(15(2)12-14)18(20)19-10-11-21-13-16-6-4-3-5-7-16/h3-9,12H,10-11,13H2,1-2H3,(H,19,20). The summed E-state index contributed by atoms with van der Waals surface area (Å²) in [5, 5.41) is 2.88. The van der Waals surface area contributed by atoms with Crippen LogP contribution < -0.4 is 5.32 Å². The number of rotatable bonds is 6. The molecular weight excluding hydrogens is 262 g/mol. The maximum atomic E-state index is 12.0. The Hall–Kier alpha value is -2.13. The summed E-state index contributed by atoms with van der Waals surface area (Å²) in [5.41, 5.74) is 4.02. The third-order valence-electron chi connectivity index (χ3n) is 3.27. The summed E-state index contributed by atoms with van der Waals surface area (Å²) in [7, 11) is 0. The van der Waals surface area contributed by atoms with Crippen molar-refractivity contribution < 1.29 is 9.53 Å². The Morgan fingerprint density at radius 1 is 1.10 bits per heavy atom. The van der Waals surface area contributed by atoms with Crippen LogP contribution in [0.2, 0.25) is 0 Å². The smallest absolute Gasteiger partial charge is 0.251 e. The van der Waals surface area contributed by atoms with Gasteiger partial charge in [-0.1, -0.05) is 48.0 Å². The van der Waals surface area contributed by atoms with Crippen LogP contribution in [0, 0.1) is 13.8 Å². The van der Waals surface area contributed by atoms with Gasteiger partial charge in [-0.15, -0.1) is 0 Å². The van der Waals surface area contributed by atoms with E-state index in [9.17, 15) is 4.79 Å². The highest BCUT2D eigenvalue weighted by Crippen LogP contribution is 2.10. The summed E-state index contributed by atoms with van der Waals surface area (Å²) in [5.74, 6) is -0.0455. The van der Waals surface area contributed by atoms with Crippen molar-refractivity contribution in [3.63, 3.8) is 0 Å². The predicted octanol–water partition coefficient (Wildman–Crippen LogP) is 3.25. The molecule has 3 nitrogen and oxygen atoms in total. The summed E-state index contributed by atoms with van der Waals surface area (Å²) < 4.78 is 5.54. The maximum absolute atomic E-state index is 12.0. The average Bonchev–Trinajstić information content (AvgIpc) is 2.47. The second-order valence-corrected chi connectivity index (χ2v) is 5.11. The zero-order valence-corrected chi connectivity index (χ0v) is 12.6. The molecule has 1 amide bonds. The normalized spacial score (nSPS) is 10.4. The first kappa shape index (κ1) is 15.3. The van der Waals surface area contributed by atoms with Crippen LogP contribution >= 0.6 is 0 Å². The van der Waals surface area contributed by atoms with Gasteiger partial charge < -0.3 is 10.1 Å². The molecule has 0 aliphatic carbocycles. The highest BCUT2D eigenvalue weighted by atomic mass is 16.5. The quantitative estimate of drug-likeness (QED) is 0.826. The number of aryl methyl sites for hydroxylation is 2. The first-order valence-electron chi connectivity index (χ1n) is 7.14. The van der Waals surface area contributed by atoms with Crippen molar-refractivity contribution >= 4 is 5.91 Å². The minimum atomic E-state index is -0.0455. The largest absolute Gasteiger partial charge is 0.375 e. The van der Waals surface area contributed by atoms with Gasteiger partial charge in [0.2, 0.25) is 0 Å². The number of amides is 1. The molecule has 0 aliphatic rings. The molecule has 0 heterocycles. The second-order valence-electron chi connectivity index (χ2n) is 5.11. The van der Waals surface area contributed by atoms with Crippen LogP contribution in [0.3, 0.4) is 0 Å². The third kappa shape index (κ3) is 4.72. The molecule has 2 rings (SSSR count). The van der Waals surface area contributed by atoms with Gasteiger partial charge in [0, 0.05) is 12.1 Å². The Labute approximate surface area is 126 Å². The highest BCUT2D eigenvalue weighted by molar-refractivity contribution is 5.95. The first-order valence-corrected chi connectivity index (χ1v) is 7.14. The second kappa shape index (κ2) is 7.60. The molecule has 0 saturated carbocycles. The van der Waals surface area contributed by atoms with E-state index in [1.807, 2.05) is 62.4 Å². The molecule has 0 spiro atoms. The van der Waals surface area contributed by atoms with E-state index in [1.165, 1.54) is 0 Å². The zero-order valence-electron chi connectivity index (χ0n) is 12.6. The van der Waals surface area contributed by atoms with Gasteiger partial charge in [0.25, 0.3) is 5.91 Å². The molecule has 0 unspecified atom stereocenters. The van der Waals surface area contributed by atoms with Gasteiger partial charge in [-0.3, -0.25) is 4.79 Å². The van der Waals surface area contributed by atoms with Crippen LogP contribution in [0.5, 0.6) is 0 Å². The number of benzene rings is 2. The number of carbonyl (C=O) groups is 1. The molecule has 0 atom stereocenters. The predicted molar refractivity (Wildman–Crippen MR) is 84.3 cm³/mol. The Morgan fingerprint density at radius 3 is 2.57 bits per heavy atom. The van der Waals surface area contributed by atoms with Crippen LogP contribution in [0.1, 0.15) is 27.0 Å². The van der Waals surface area contributed by atoms with E-state index >= 15 is 0 Å². The van der Waals surface area contributed by atoms with E-state index in [-0.39, 0.29) is 5.91 Å². The monoisotopic (exact) mass is 283 g/mol. The van der Waals surface area contributed by atoms with Crippen molar-refractivity contribution in [2.45, 2.75) is 20.5 Å². The lowest BCUT2D eigenvalue weighted by Crippen LogP contribution is -2.27. The molecule has 2 aromatic rings. The van der Waals surface area contributed by atoms with Crippen molar-refractivity contribution in [2.75, 3.05) is 13.2 Å². The molecule has 1 N–H and O–H groups in total. The van der Waals surface area contributed by atoms with E-state index in [4.69, 9.17) is 4.74 Å². The van der Waals surface area contributed by atoms with Gasteiger partial charge >= 0.3 is 0 Å². The van der Waals surface area contributed by atoms with Crippen molar-refractivity contribution in [2.24, 2.45) is 0 Å². The molecule has 110 valence electrons. The van der Waals surface area contributed by atoms with E-state index < -0.39 is 0 Å². The van der Waals surface area contributed by atoms with Gasteiger partial charge in [0.15, 0.2) is 0 Å². The van der Waals surface area contributed by atoms with Crippen LogP contribution in [0.4, 0.5) is 0 Å². The van der Waals surface area contributed by atoms with Crippen LogP contribution in [-0.4, -0.2) is 19.1 Å². The molecule has 21 heavy (non-hydrogen) atoms. The number of ether oxygens (including phenoxy) is 1. The molecule has 0 aliphatic heterocycles. The van der Waals surface area contributed by atoms with Gasteiger partial charge in [-0.25, -0.2) is 0 Å². The molecule has 0 saturated heterocycles. The van der Waals surface area contributed by atoms with E-state index in [0.717, 1.165) is 22.3 Å². The lowest BCUT2D eigenvalue weighted by atomic mass is 10.1. The van der Waals surface area contributed by atoms with Crippen LogP contribution in [0.25, 0.3) is 0 Å².